The molecule has 4 heteroatoms. The van der Waals surface area contributed by atoms with Crippen LogP contribution < -0.4 is 5.32 Å². The third kappa shape index (κ3) is 5.55. The second kappa shape index (κ2) is 5.87. The van der Waals surface area contributed by atoms with Crippen LogP contribution in [0, 0.1) is 11.3 Å². The molecule has 1 aliphatic carbocycles. The smallest absolute Gasteiger partial charge is 0.407 e. The summed E-state index contributed by atoms with van der Waals surface area (Å²) in [4.78, 5) is 11.4. The van der Waals surface area contributed by atoms with Gasteiger partial charge in [0.15, 0.2) is 0 Å². The zero-order valence-corrected chi connectivity index (χ0v) is 10.9. The molecular weight excluding hydrogens is 216 g/mol. The molecule has 1 amide bonds. The van der Waals surface area contributed by atoms with Crippen LogP contribution >= 0.6 is 0 Å². The van der Waals surface area contributed by atoms with Crippen LogP contribution in [-0.4, -0.2) is 24.1 Å². The van der Waals surface area contributed by atoms with Crippen molar-refractivity contribution in [2.24, 2.45) is 5.92 Å². The number of allylic oxidation sites excluding steroid dienone is 1. The minimum Gasteiger partial charge on any atom is -0.444 e. The van der Waals surface area contributed by atoms with Gasteiger partial charge in [-0.3, -0.25) is 5.41 Å². The summed E-state index contributed by atoms with van der Waals surface area (Å²) in [5, 5.41) is 9.86. The van der Waals surface area contributed by atoms with Crippen molar-refractivity contribution in [2.45, 2.75) is 52.1 Å². The average Bonchev–Trinajstić information content (AvgIpc) is 2.25. The highest BCUT2D eigenvalue weighted by atomic mass is 16.6. The molecule has 0 unspecified atom stereocenters. The standard InChI is InChI=1S/C13H22N2O2/c1-13(2,3)17-12(16)15-9-11-6-4-10(8-14)5-7-11/h11,14H,4-7,9H2,1-3H3,(H,15,16). The fraction of sp³-hybridized carbons (Fsp3) is 0.769. The Labute approximate surface area is 103 Å². The molecule has 0 aromatic rings. The largest absolute Gasteiger partial charge is 0.444 e. The minimum absolute atomic E-state index is 0.342. The third-order valence-electron chi connectivity index (χ3n) is 2.82. The number of ether oxygens (including phenoxy) is 1. The van der Waals surface area contributed by atoms with Crippen molar-refractivity contribution in [2.75, 3.05) is 6.54 Å². The van der Waals surface area contributed by atoms with E-state index in [1.54, 1.807) is 0 Å². The molecule has 0 aliphatic heterocycles. The number of nitrogens with one attached hydrogen (secondary N) is 2. The van der Waals surface area contributed by atoms with Crippen LogP contribution in [0.2, 0.25) is 0 Å². The molecule has 0 bridgehead atoms. The van der Waals surface area contributed by atoms with Gasteiger partial charge < -0.3 is 10.1 Å². The summed E-state index contributed by atoms with van der Waals surface area (Å²) in [6, 6.07) is 0. The topological polar surface area (TPSA) is 62.2 Å². The summed E-state index contributed by atoms with van der Waals surface area (Å²) in [5.74, 6) is 2.97. The SMILES string of the molecule is CC(C)(C)OC(=O)NCC1CCC(=C=N)CC1. The maximum Gasteiger partial charge on any atom is 0.407 e. The second-order valence-corrected chi connectivity index (χ2v) is 5.55. The molecule has 0 radical (unpaired) electrons. The van der Waals surface area contributed by atoms with Crippen LogP contribution in [0.25, 0.3) is 0 Å². The normalized spacial score (nSPS) is 20.6. The molecule has 1 aliphatic rings. The predicted molar refractivity (Wildman–Crippen MR) is 67.4 cm³/mol. The first-order chi connectivity index (χ1) is 7.90. The van der Waals surface area contributed by atoms with Gasteiger partial charge in [0.25, 0.3) is 0 Å². The third-order valence-corrected chi connectivity index (χ3v) is 2.82. The minimum atomic E-state index is -0.438. The van der Waals surface area contributed by atoms with Gasteiger partial charge in [-0.15, -0.1) is 0 Å². The Bertz CT molecular complexity index is 315. The average molecular weight is 238 g/mol. The second-order valence-electron chi connectivity index (χ2n) is 5.55. The van der Waals surface area contributed by atoms with Crippen LogP contribution in [0.3, 0.4) is 0 Å². The van der Waals surface area contributed by atoms with E-state index in [9.17, 15) is 4.79 Å². The van der Waals surface area contributed by atoms with E-state index >= 15 is 0 Å². The van der Waals surface area contributed by atoms with Crippen LogP contribution in [0.5, 0.6) is 0 Å². The zero-order chi connectivity index (χ0) is 12.9. The number of amides is 1. The van der Waals surface area contributed by atoms with Crippen LogP contribution in [0.1, 0.15) is 46.5 Å². The van der Waals surface area contributed by atoms with Gasteiger partial charge in [0.05, 0.1) is 0 Å². The van der Waals surface area contributed by atoms with Gasteiger partial charge in [-0.2, -0.15) is 0 Å². The first kappa shape index (κ1) is 13.8. The first-order valence-corrected chi connectivity index (χ1v) is 6.15. The number of hydrogen-bond donors (Lipinski definition) is 2. The Morgan fingerprint density at radius 1 is 1.47 bits per heavy atom. The highest BCUT2D eigenvalue weighted by Gasteiger charge is 2.20. The molecule has 0 atom stereocenters. The van der Waals surface area contributed by atoms with Gasteiger partial charge in [0, 0.05) is 6.54 Å². The van der Waals surface area contributed by atoms with E-state index < -0.39 is 5.60 Å². The van der Waals surface area contributed by atoms with E-state index in [-0.39, 0.29) is 6.09 Å². The van der Waals surface area contributed by atoms with Gasteiger partial charge in [0.2, 0.25) is 0 Å². The highest BCUT2D eigenvalue weighted by Crippen LogP contribution is 2.25. The number of hydrogen-bond acceptors (Lipinski definition) is 3. The monoisotopic (exact) mass is 238 g/mol. The Kier molecular flexibility index (Phi) is 4.76. The molecule has 96 valence electrons. The Morgan fingerprint density at radius 2 is 2.06 bits per heavy atom. The summed E-state index contributed by atoms with van der Waals surface area (Å²) in [6.07, 6.45) is 3.58. The van der Waals surface area contributed by atoms with Crippen molar-refractivity contribution in [1.82, 2.24) is 5.32 Å². The summed E-state index contributed by atoms with van der Waals surface area (Å²) in [5.41, 5.74) is 0.658. The maximum absolute atomic E-state index is 11.4. The van der Waals surface area contributed by atoms with E-state index in [1.807, 2.05) is 20.8 Å². The first-order valence-electron chi connectivity index (χ1n) is 6.15. The Balaban J connectivity index is 2.24. The van der Waals surface area contributed by atoms with E-state index in [4.69, 9.17) is 10.1 Å². The molecule has 0 spiro atoms. The van der Waals surface area contributed by atoms with E-state index in [0.29, 0.717) is 12.5 Å². The van der Waals surface area contributed by atoms with Crippen molar-refractivity contribution >= 4 is 12.0 Å². The van der Waals surface area contributed by atoms with Crippen molar-refractivity contribution in [3.63, 3.8) is 0 Å². The molecule has 0 saturated heterocycles. The summed E-state index contributed by atoms with van der Waals surface area (Å²) < 4.78 is 5.17. The van der Waals surface area contributed by atoms with Crippen molar-refractivity contribution < 1.29 is 9.53 Å². The molecule has 17 heavy (non-hydrogen) atoms. The summed E-state index contributed by atoms with van der Waals surface area (Å²) in [6.45, 7) is 6.23. The van der Waals surface area contributed by atoms with Crippen molar-refractivity contribution in [3.8, 4) is 0 Å². The zero-order valence-electron chi connectivity index (χ0n) is 10.9. The molecule has 1 saturated carbocycles. The lowest BCUT2D eigenvalue weighted by Crippen LogP contribution is -2.35. The maximum atomic E-state index is 11.4. The van der Waals surface area contributed by atoms with Gasteiger partial charge >= 0.3 is 6.09 Å². The molecule has 0 heterocycles. The lowest BCUT2D eigenvalue weighted by Gasteiger charge is -2.24. The van der Waals surface area contributed by atoms with Crippen molar-refractivity contribution in [1.29, 1.82) is 5.41 Å². The van der Waals surface area contributed by atoms with Crippen LogP contribution in [0.4, 0.5) is 4.79 Å². The summed E-state index contributed by atoms with van der Waals surface area (Å²) >= 11 is 0. The fourth-order valence-corrected chi connectivity index (χ4v) is 1.90. The predicted octanol–water partition coefficient (Wildman–Crippen LogP) is 2.88. The van der Waals surface area contributed by atoms with Gasteiger partial charge in [0.1, 0.15) is 5.60 Å². The fourth-order valence-electron chi connectivity index (χ4n) is 1.90. The van der Waals surface area contributed by atoms with Crippen molar-refractivity contribution in [3.05, 3.63) is 5.57 Å². The molecule has 2 N–H and O–H groups in total. The molecule has 4 nitrogen and oxygen atoms in total. The summed E-state index contributed by atoms with van der Waals surface area (Å²) in [7, 11) is 0. The molecular formula is C13H22N2O2. The van der Waals surface area contributed by atoms with E-state index in [0.717, 1.165) is 31.3 Å². The van der Waals surface area contributed by atoms with Gasteiger partial charge in [-0.1, -0.05) is 0 Å². The van der Waals surface area contributed by atoms with E-state index in [1.165, 1.54) is 0 Å². The van der Waals surface area contributed by atoms with Crippen LogP contribution in [-0.2, 0) is 4.74 Å². The number of alkyl carbamates (subject to hydrolysis) is 1. The number of rotatable bonds is 2. The Hall–Kier alpha value is -1.28. The molecule has 0 aromatic carbocycles. The lowest BCUT2D eigenvalue weighted by molar-refractivity contribution is 0.0516. The van der Waals surface area contributed by atoms with E-state index in [2.05, 4.69) is 11.2 Å². The number of carbonyl (C=O) groups excluding carboxylic acids is 1. The quantitative estimate of drug-likeness (QED) is 0.727. The molecule has 0 aromatic heterocycles. The number of carbonyl (C=O) groups is 1. The van der Waals surface area contributed by atoms with Gasteiger partial charge in [-0.25, -0.2) is 4.79 Å². The highest BCUT2D eigenvalue weighted by molar-refractivity contribution is 5.67. The van der Waals surface area contributed by atoms with Crippen LogP contribution in [0.15, 0.2) is 5.57 Å². The molecule has 1 rings (SSSR count). The lowest BCUT2D eigenvalue weighted by atomic mass is 9.86. The van der Waals surface area contributed by atoms with Gasteiger partial charge in [-0.05, 0) is 63.8 Å². The molecule has 1 fully saturated rings. The Morgan fingerprint density at radius 3 is 2.53 bits per heavy atom.